The molecular weight excluding hydrogens is 216 g/mol. The number of carbonyl (C=O) groups is 1. The highest BCUT2D eigenvalue weighted by Gasteiger charge is 2.23. The second kappa shape index (κ2) is 4.13. The molecule has 2 aliphatic rings. The van der Waals surface area contributed by atoms with Crippen LogP contribution in [0.1, 0.15) is 30.1 Å². The average Bonchev–Trinajstić information content (AvgIpc) is 3.06. The molecule has 1 amide bonds. The standard InChI is InChI=1S/C13H16N2O2/c16-12(7-14-10-2-3-10)8-1-4-11-9(5-8)6-13(17)15-11/h1,4-5,10,12,14,16H,2-3,6-7H2,(H,15,17). The summed E-state index contributed by atoms with van der Waals surface area (Å²) in [5.74, 6) is 0.0303. The number of fused-ring (bicyclic) bond motifs is 1. The van der Waals surface area contributed by atoms with Crippen LogP contribution in [0.3, 0.4) is 0 Å². The van der Waals surface area contributed by atoms with E-state index in [1.54, 1.807) is 0 Å². The van der Waals surface area contributed by atoms with Crippen molar-refractivity contribution in [2.45, 2.75) is 31.4 Å². The van der Waals surface area contributed by atoms with Gasteiger partial charge in [-0.15, -0.1) is 0 Å². The van der Waals surface area contributed by atoms with E-state index >= 15 is 0 Å². The Morgan fingerprint density at radius 2 is 2.29 bits per heavy atom. The van der Waals surface area contributed by atoms with Gasteiger partial charge in [0.2, 0.25) is 5.91 Å². The summed E-state index contributed by atoms with van der Waals surface area (Å²) in [6, 6.07) is 6.27. The number of anilines is 1. The molecule has 0 radical (unpaired) electrons. The zero-order valence-corrected chi connectivity index (χ0v) is 9.57. The molecule has 1 fully saturated rings. The molecule has 0 saturated heterocycles. The van der Waals surface area contributed by atoms with Gasteiger partial charge in [-0.05, 0) is 30.0 Å². The van der Waals surface area contributed by atoms with Gasteiger partial charge in [0.1, 0.15) is 0 Å². The fourth-order valence-corrected chi connectivity index (χ4v) is 2.14. The smallest absolute Gasteiger partial charge is 0.228 e. The highest BCUT2D eigenvalue weighted by atomic mass is 16.3. The quantitative estimate of drug-likeness (QED) is 0.725. The first-order chi connectivity index (χ1) is 8.22. The number of hydrogen-bond acceptors (Lipinski definition) is 3. The number of benzene rings is 1. The minimum Gasteiger partial charge on any atom is -0.387 e. The Hall–Kier alpha value is -1.39. The number of aliphatic hydroxyl groups is 1. The van der Waals surface area contributed by atoms with Crippen LogP contribution >= 0.6 is 0 Å². The van der Waals surface area contributed by atoms with E-state index in [0.717, 1.165) is 16.8 Å². The van der Waals surface area contributed by atoms with Crippen LogP contribution in [0.25, 0.3) is 0 Å². The third-order valence-electron chi connectivity index (χ3n) is 3.32. The van der Waals surface area contributed by atoms with Gasteiger partial charge in [0.15, 0.2) is 0 Å². The fraction of sp³-hybridized carbons (Fsp3) is 0.462. The monoisotopic (exact) mass is 232 g/mol. The lowest BCUT2D eigenvalue weighted by atomic mass is 10.0. The number of nitrogens with one attached hydrogen (secondary N) is 2. The minimum atomic E-state index is -0.489. The summed E-state index contributed by atoms with van der Waals surface area (Å²) in [6.45, 7) is 0.588. The maximum Gasteiger partial charge on any atom is 0.228 e. The van der Waals surface area contributed by atoms with E-state index in [2.05, 4.69) is 10.6 Å². The first-order valence-corrected chi connectivity index (χ1v) is 6.06. The van der Waals surface area contributed by atoms with Crippen molar-refractivity contribution in [2.24, 2.45) is 0 Å². The molecular formula is C13H16N2O2. The second-order valence-corrected chi connectivity index (χ2v) is 4.84. The predicted octanol–water partition coefficient (Wildman–Crippen LogP) is 0.967. The van der Waals surface area contributed by atoms with Gasteiger partial charge in [-0.1, -0.05) is 12.1 Å². The number of hydrogen-bond donors (Lipinski definition) is 3. The van der Waals surface area contributed by atoms with Gasteiger partial charge in [-0.25, -0.2) is 0 Å². The maximum atomic E-state index is 11.2. The summed E-state index contributed by atoms with van der Waals surface area (Å²) >= 11 is 0. The van der Waals surface area contributed by atoms with Crippen LogP contribution in [-0.4, -0.2) is 23.6 Å². The van der Waals surface area contributed by atoms with E-state index in [1.165, 1.54) is 12.8 Å². The molecule has 4 nitrogen and oxygen atoms in total. The van der Waals surface area contributed by atoms with Crippen LogP contribution in [0, 0.1) is 0 Å². The van der Waals surface area contributed by atoms with Gasteiger partial charge in [-0.3, -0.25) is 4.79 Å². The van der Waals surface area contributed by atoms with Crippen molar-refractivity contribution in [2.75, 3.05) is 11.9 Å². The molecule has 1 heterocycles. The number of amides is 1. The molecule has 3 rings (SSSR count). The predicted molar refractivity (Wildman–Crippen MR) is 64.8 cm³/mol. The molecule has 1 aromatic rings. The van der Waals surface area contributed by atoms with E-state index in [1.807, 2.05) is 18.2 Å². The number of aliphatic hydroxyl groups excluding tert-OH is 1. The molecule has 4 heteroatoms. The molecule has 1 aliphatic carbocycles. The summed E-state index contributed by atoms with van der Waals surface area (Å²) in [7, 11) is 0. The molecule has 90 valence electrons. The van der Waals surface area contributed by atoms with Gasteiger partial charge in [0.25, 0.3) is 0 Å². The van der Waals surface area contributed by atoms with E-state index in [4.69, 9.17) is 0 Å². The van der Waals surface area contributed by atoms with E-state index in [0.29, 0.717) is 19.0 Å². The average molecular weight is 232 g/mol. The lowest BCUT2D eigenvalue weighted by Crippen LogP contribution is -2.23. The molecule has 0 spiro atoms. The fourth-order valence-electron chi connectivity index (χ4n) is 2.14. The third-order valence-corrected chi connectivity index (χ3v) is 3.32. The van der Waals surface area contributed by atoms with Crippen molar-refractivity contribution < 1.29 is 9.90 Å². The Bertz CT molecular complexity index is 455. The molecule has 3 N–H and O–H groups in total. The first-order valence-electron chi connectivity index (χ1n) is 6.06. The topological polar surface area (TPSA) is 61.4 Å². The Labute approximate surface area is 100 Å². The summed E-state index contributed by atoms with van der Waals surface area (Å²) in [5, 5.41) is 16.1. The Balaban J connectivity index is 1.70. The van der Waals surface area contributed by atoms with Crippen LogP contribution in [0.15, 0.2) is 18.2 Å². The largest absolute Gasteiger partial charge is 0.387 e. The zero-order chi connectivity index (χ0) is 11.8. The van der Waals surface area contributed by atoms with E-state index < -0.39 is 6.10 Å². The van der Waals surface area contributed by atoms with Crippen LogP contribution in [0.5, 0.6) is 0 Å². The Morgan fingerprint density at radius 1 is 1.47 bits per heavy atom. The van der Waals surface area contributed by atoms with Crippen molar-refractivity contribution in [1.82, 2.24) is 5.32 Å². The normalized spacial score (nSPS) is 19.9. The van der Waals surface area contributed by atoms with Crippen molar-refractivity contribution in [3.8, 4) is 0 Å². The molecule has 17 heavy (non-hydrogen) atoms. The van der Waals surface area contributed by atoms with Crippen molar-refractivity contribution in [3.05, 3.63) is 29.3 Å². The first kappa shape index (κ1) is 10.7. The van der Waals surface area contributed by atoms with Gasteiger partial charge in [0, 0.05) is 18.3 Å². The lowest BCUT2D eigenvalue weighted by molar-refractivity contribution is -0.115. The van der Waals surface area contributed by atoms with Crippen molar-refractivity contribution >= 4 is 11.6 Å². The molecule has 0 aromatic heterocycles. The third kappa shape index (κ3) is 2.33. The van der Waals surface area contributed by atoms with Crippen LogP contribution in [0.4, 0.5) is 5.69 Å². The summed E-state index contributed by atoms with van der Waals surface area (Å²) in [6.07, 6.45) is 2.37. The summed E-state index contributed by atoms with van der Waals surface area (Å²) < 4.78 is 0. The molecule has 1 aliphatic heterocycles. The minimum absolute atomic E-state index is 0.0303. The van der Waals surface area contributed by atoms with Crippen LogP contribution < -0.4 is 10.6 Å². The maximum absolute atomic E-state index is 11.2. The van der Waals surface area contributed by atoms with Gasteiger partial charge in [0.05, 0.1) is 12.5 Å². The van der Waals surface area contributed by atoms with Gasteiger partial charge in [-0.2, -0.15) is 0 Å². The SMILES string of the molecule is O=C1Cc2cc(C(O)CNC3CC3)ccc2N1. The Morgan fingerprint density at radius 3 is 3.06 bits per heavy atom. The van der Waals surface area contributed by atoms with E-state index in [-0.39, 0.29) is 5.91 Å². The molecule has 1 atom stereocenters. The van der Waals surface area contributed by atoms with Gasteiger partial charge < -0.3 is 15.7 Å². The molecule has 1 unspecified atom stereocenters. The van der Waals surface area contributed by atoms with Crippen molar-refractivity contribution in [3.63, 3.8) is 0 Å². The van der Waals surface area contributed by atoms with E-state index in [9.17, 15) is 9.90 Å². The number of carbonyl (C=O) groups excluding carboxylic acids is 1. The summed E-state index contributed by atoms with van der Waals surface area (Å²) in [5.41, 5.74) is 2.74. The van der Waals surface area contributed by atoms with Crippen LogP contribution in [-0.2, 0) is 11.2 Å². The lowest BCUT2D eigenvalue weighted by Gasteiger charge is -2.12. The Kier molecular flexibility index (Phi) is 2.61. The molecule has 1 saturated carbocycles. The molecule has 0 bridgehead atoms. The number of rotatable bonds is 4. The second-order valence-electron chi connectivity index (χ2n) is 4.84. The highest BCUT2D eigenvalue weighted by Crippen LogP contribution is 2.27. The van der Waals surface area contributed by atoms with Gasteiger partial charge >= 0.3 is 0 Å². The van der Waals surface area contributed by atoms with Crippen molar-refractivity contribution in [1.29, 1.82) is 0 Å². The zero-order valence-electron chi connectivity index (χ0n) is 9.57. The van der Waals surface area contributed by atoms with Crippen LogP contribution in [0.2, 0.25) is 0 Å². The molecule has 1 aromatic carbocycles. The highest BCUT2D eigenvalue weighted by molar-refractivity contribution is 5.99. The summed E-state index contributed by atoms with van der Waals surface area (Å²) in [4.78, 5) is 11.2.